The van der Waals surface area contributed by atoms with Crippen molar-refractivity contribution in [1.29, 1.82) is 0 Å². The highest BCUT2D eigenvalue weighted by Gasteiger charge is 2.16. The maximum Gasteiger partial charge on any atom is 0.307 e. The Bertz CT molecular complexity index is 529. The maximum atomic E-state index is 10.4. The van der Waals surface area contributed by atoms with Gasteiger partial charge in [0.05, 0.1) is 6.42 Å². The van der Waals surface area contributed by atoms with Crippen molar-refractivity contribution in [3.05, 3.63) is 34.4 Å². The van der Waals surface area contributed by atoms with Crippen molar-refractivity contribution in [3.8, 4) is 11.5 Å². The first-order valence-electron chi connectivity index (χ1n) is 7.14. The van der Waals surface area contributed by atoms with Crippen LogP contribution in [0.1, 0.15) is 42.0 Å². The molecular weight excluding hydrogens is 268 g/mol. The Hall–Kier alpha value is -1.97. The second-order valence-corrected chi connectivity index (χ2v) is 5.59. The van der Waals surface area contributed by atoms with Gasteiger partial charge in [0.2, 0.25) is 0 Å². The van der Waals surface area contributed by atoms with Gasteiger partial charge in [-0.25, -0.2) is 0 Å². The van der Waals surface area contributed by atoms with Crippen LogP contribution in [0, 0.1) is 26.7 Å². The van der Waals surface area contributed by atoms with Gasteiger partial charge in [0.25, 0.3) is 0 Å². The predicted molar refractivity (Wildman–Crippen MR) is 82.9 cm³/mol. The summed E-state index contributed by atoms with van der Waals surface area (Å²) in [5.74, 6) is -0.128. The molecule has 0 heterocycles. The lowest BCUT2D eigenvalue weighted by molar-refractivity contribution is -0.136. The van der Waals surface area contributed by atoms with Crippen molar-refractivity contribution >= 4 is 5.97 Å². The van der Waals surface area contributed by atoms with E-state index in [0.717, 1.165) is 17.5 Å². The number of carboxylic acid groups (broad SMARTS) is 1. The van der Waals surface area contributed by atoms with E-state index in [2.05, 4.69) is 0 Å². The summed E-state index contributed by atoms with van der Waals surface area (Å²) in [5, 5.41) is 28.9. The normalized spacial score (nSPS) is 12.8. The molecule has 3 N–H and O–H groups in total. The van der Waals surface area contributed by atoms with Crippen molar-refractivity contribution in [3.63, 3.8) is 0 Å². The first-order valence-corrected chi connectivity index (χ1v) is 7.14. The van der Waals surface area contributed by atoms with E-state index in [9.17, 15) is 15.0 Å². The van der Waals surface area contributed by atoms with Crippen molar-refractivity contribution in [2.75, 3.05) is 0 Å². The molecule has 0 saturated heterocycles. The van der Waals surface area contributed by atoms with Gasteiger partial charge >= 0.3 is 5.97 Å². The van der Waals surface area contributed by atoms with Gasteiger partial charge in [-0.15, -0.1) is 0 Å². The lowest BCUT2D eigenvalue weighted by Crippen LogP contribution is -2.00. The van der Waals surface area contributed by atoms with Crippen LogP contribution < -0.4 is 0 Å². The fourth-order valence-corrected chi connectivity index (χ4v) is 2.36. The van der Waals surface area contributed by atoms with Gasteiger partial charge < -0.3 is 15.3 Å². The summed E-state index contributed by atoms with van der Waals surface area (Å²) in [4.78, 5) is 10.4. The lowest BCUT2D eigenvalue weighted by atomic mass is 9.92. The van der Waals surface area contributed by atoms with Crippen LogP contribution in [0.15, 0.2) is 12.2 Å². The number of carbonyl (C=O) groups is 1. The smallest absolute Gasteiger partial charge is 0.307 e. The topological polar surface area (TPSA) is 77.8 Å². The average Bonchev–Trinajstić information content (AvgIpc) is 2.42. The van der Waals surface area contributed by atoms with E-state index in [1.54, 1.807) is 19.9 Å². The minimum atomic E-state index is -0.842. The average molecular weight is 292 g/mol. The highest BCUT2D eigenvalue weighted by molar-refractivity contribution is 5.68. The Morgan fingerprint density at radius 1 is 1.10 bits per heavy atom. The first-order chi connectivity index (χ1) is 9.75. The molecule has 4 nitrogen and oxygen atoms in total. The number of benzene rings is 1. The molecular formula is C17H24O4. The number of hydrogen-bond acceptors (Lipinski definition) is 3. The van der Waals surface area contributed by atoms with Crippen molar-refractivity contribution in [2.24, 2.45) is 5.92 Å². The van der Waals surface area contributed by atoms with Gasteiger partial charge in [0.15, 0.2) is 0 Å². The Labute approximate surface area is 125 Å². The fraction of sp³-hybridized carbons (Fsp3) is 0.471. The van der Waals surface area contributed by atoms with Gasteiger partial charge in [-0.1, -0.05) is 19.1 Å². The molecule has 0 fully saturated rings. The SMILES string of the molecule is Cc1c(C)c(O)c(CCC(C)C=CCC(=O)O)c(C)c1O. The largest absolute Gasteiger partial charge is 0.507 e. The van der Waals surface area contributed by atoms with Crippen molar-refractivity contribution in [2.45, 2.75) is 47.0 Å². The third kappa shape index (κ3) is 4.25. The molecule has 21 heavy (non-hydrogen) atoms. The summed E-state index contributed by atoms with van der Waals surface area (Å²) < 4.78 is 0. The number of phenols is 2. The highest BCUT2D eigenvalue weighted by atomic mass is 16.4. The van der Waals surface area contributed by atoms with Crippen LogP contribution in [0.2, 0.25) is 0 Å². The van der Waals surface area contributed by atoms with E-state index in [-0.39, 0.29) is 23.8 Å². The molecule has 0 amide bonds. The van der Waals surface area contributed by atoms with E-state index < -0.39 is 5.97 Å². The van der Waals surface area contributed by atoms with Crippen LogP contribution >= 0.6 is 0 Å². The molecule has 0 aliphatic rings. The van der Waals surface area contributed by atoms with E-state index in [0.29, 0.717) is 17.5 Å². The molecule has 1 atom stereocenters. The van der Waals surface area contributed by atoms with E-state index >= 15 is 0 Å². The monoisotopic (exact) mass is 292 g/mol. The molecule has 1 rings (SSSR count). The number of phenolic OH excluding ortho intramolecular Hbond substituents is 2. The molecule has 0 aromatic heterocycles. The minimum Gasteiger partial charge on any atom is -0.507 e. The second-order valence-electron chi connectivity index (χ2n) is 5.59. The van der Waals surface area contributed by atoms with Gasteiger partial charge in [-0.3, -0.25) is 4.79 Å². The molecule has 0 spiro atoms. The van der Waals surface area contributed by atoms with Crippen molar-refractivity contribution < 1.29 is 20.1 Å². The molecule has 0 aliphatic heterocycles. The Morgan fingerprint density at radius 2 is 1.67 bits per heavy atom. The molecule has 0 aliphatic carbocycles. The summed E-state index contributed by atoms with van der Waals surface area (Å²) in [7, 11) is 0. The Kier molecular flexibility index (Phi) is 5.82. The van der Waals surface area contributed by atoms with Crippen molar-refractivity contribution in [1.82, 2.24) is 0 Å². The number of allylic oxidation sites excluding steroid dienone is 1. The predicted octanol–water partition coefficient (Wildman–Crippen LogP) is 3.62. The number of aromatic hydroxyl groups is 2. The fourth-order valence-electron chi connectivity index (χ4n) is 2.36. The summed E-state index contributed by atoms with van der Waals surface area (Å²) in [6.07, 6.45) is 4.98. The van der Waals surface area contributed by atoms with Crippen LogP contribution in [0.3, 0.4) is 0 Å². The molecule has 4 heteroatoms. The van der Waals surface area contributed by atoms with E-state index in [4.69, 9.17) is 5.11 Å². The zero-order chi connectivity index (χ0) is 16.2. The summed E-state index contributed by atoms with van der Waals surface area (Å²) in [5.41, 5.74) is 2.91. The third-order valence-electron chi connectivity index (χ3n) is 3.97. The van der Waals surface area contributed by atoms with E-state index in [1.165, 1.54) is 0 Å². The molecule has 1 aromatic rings. The zero-order valence-corrected chi connectivity index (χ0v) is 13.1. The molecule has 116 valence electrons. The minimum absolute atomic E-state index is 0.0268. The zero-order valence-electron chi connectivity index (χ0n) is 13.1. The van der Waals surface area contributed by atoms with Crippen LogP contribution in [0.4, 0.5) is 0 Å². The second kappa shape index (κ2) is 7.16. The first kappa shape index (κ1) is 17.1. The number of hydrogen-bond donors (Lipinski definition) is 3. The van der Waals surface area contributed by atoms with Crippen LogP contribution in [-0.4, -0.2) is 21.3 Å². The van der Waals surface area contributed by atoms with Crippen LogP contribution in [0.5, 0.6) is 11.5 Å². The molecule has 1 unspecified atom stereocenters. The Morgan fingerprint density at radius 3 is 2.24 bits per heavy atom. The maximum absolute atomic E-state index is 10.4. The van der Waals surface area contributed by atoms with Crippen LogP contribution in [0.25, 0.3) is 0 Å². The van der Waals surface area contributed by atoms with Gasteiger partial charge in [-0.05, 0) is 56.2 Å². The molecule has 0 saturated carbocycles. The molecule has 0 radical (unpaired) electrons. The van der Waals surface area contributed by atoms with Gasteiger partial charge in [0, 0.05) is 5.56 Å². The number of aliphatic carboxylic acids is 1. The summed E-state index contributed by atoms with van der Waals surface area (Å²) in [6, 6.07) is 0. The third-order valence-corrected chi connectivity index (χ3v) is 3.97. The molecule has 0 bridgehead atoms. The quantitative estimate of drug-likeness (QED) is 0.553. The highest BCUT2D eigenvalue weighted by Crippen LogP contribution is 2.37. The number of carboxylic acids is 1. The van der Waals surface area contributed by atoms with Crippen LogP contribution in [-0.2, 0) is 11.2 Å². The standard InChI is InChI=1S/C17H24O4/c1-10(6-5-7-15(18)19)8-9-14-13(4)16(20)11(2)12(3)17(14)21/h5-6,10,20-21H,7-9H2,1-4H3,(H,18,19). The van der Waals surface area contributed by atoms with Gasteiger partial charge in [-0.2, -0.15) is 0 Å². The Balaban J connectivity index is 2.81. The number of rotatable bonds is 6. The summed E-state index contributed by atoms with van der Waals surface area (Å²) >= 11 is 0. The van der Waals surface area contributed by atoms with E-state index in [1.807, 2.05) is 19.9 Å². The summed E-state index contributed by atoms with van der Waals surface area (Å²) in [6.45, 7) is 7.40. The lowest BCUT2D eigenvalue weighted by Gasteiger charge is -2.16. The van der Waals surface area contributed by atoms with Gasteiger partial charge in [0.1, 0.15) is 11.5 Å². The molecule has 1 aromatic carbocycles.